The fourth-order valence-corrected chi connectivity index (χ4v) is 7.63. The molecule has 2 heteroatoms. The molecule has 0 aromatic heterocycles. The van der Waals surface area contributed by atoms with Crippen LogP contribution in [-0.2, 0) is 0 Å². The number of hydrogen-bond donors (Lipinski definition) is 1. The van der Waals surface area contributed by atoms with E-state index in [1.54, 1.807) is 0 Å². The number of likely N-dealkylation sites (tertiary alicyclic amines) is 1. The van der Waals surface area contributed by atoms with E-state index in [1.807, 2.05) is 4.90 Å². The summed E-state index contributed by atoms with van der Waals surface area (Å²) in [5.41, 5.74) is 0. The van der Waals surface area contributed by atoms with Crippen LogP contribution in [0.15, 0.2) is 0 Å². The van der Waals surface area contributed by atoms with Gasteiger partial charge in [-0.3, -0.25) is 0 Å². The Labute approximate surface area is 280 Å². The van der Waals surface area contributed by atoms with Crippen LogP contribution >= 0.6 is 0 Å². The summed E-state index contributed by atoms with van der Waals surface area (Å²) < 4.78 is 0. The van der Waals surface area contributed by atoms with Gasteiger partial charge < -0.3 is 17.3 Å². The third-order valence-corrected chi connectivity index (χ3v) is 10.6. The van der Waals surface area contributed by atoms with Crippen LogP contribution in [0.4, 0.5) is 0 Å². The van der Waals surface area contributed by atoms with E-state index in [2.05, 4.69) is 13.8 Å². The molecule has 1 aliphatic heterocycles. The minimum atomic E-state index is 0. The largest absolute Gasteiger partial charge is 1.00 e. The molecule has 0 aliphatic carbocycles. The van der Waals surface area contributed by atoms with Gasteiger partial charge in [-0.05, 0) is 32.1 Å². The van der Waals surface area contributed by atoms with Crippen molar-refractivity contribution in [2.45, 2.75) is 239 Å². The Hall–Kier alpha value is 0.250. The average molecular weight is 627 g/mol. The summed E-state index contributed by atoms with van der Waals surface area (Å²) in [6.07, 6.45) is 51.9. The van der Waals surface area contributed by atoms with Gasteiger partial charge in [0.1, 0.15) is 0 Å². The van der Waals surface area contributed by atoms with E-state index >= 15 is 0 Å². The van der Waals surface area contributed by atoms with Crippen molar-refractivity contribution in [1.29, 1.82) is 0 Å². The highest BCUT2D eigenvalue weighted by Crippen LogP contribution is 2.19. The van der Waals surface area contributed by atoms with Crippen LogP contribution < -0.4 is 17.3 Å². The molecule has 0 saturated carbocycles. The quantitative estimate of drug-likeness (QED) is 0.0679. The number of nitrogens with one attached hydrogen (secondary N) is 1. The maximum Gasteiger partial charge on any atom is 0.0799 e. The second kappa shape index (κ2) is 36.7. The molecule has 0 radical (unpaired) electrons. The van der Waals surface area contributed by atoms with E-state index in [0.717, 1.165) is 5.92 Å². The molecule has 0 aromatic rings. The smallest absolute Gasteiger partial charge is 0.0799 e. The van der Waals surface area contributed by atoms with Gasteiger partial charge >= 0.3 is 0 Å². The number of rotatable bonds is 34. The third kappa shape index (κ3) is 32.0. The highest BCUT2D eigenvalue weighted by molar-refractivity contribution is 4.63. The fraction of sp³-hybridized carbons (Fsp3) is 1.00. The monoisotopic (exact) mass is 626 g/mol. The first kappa shape index (κ1) is 43.2. The van der Waals surface area contributed by atoms with Gasteiger partial charge in [-0.2, -0.15) is 0 Å². The zero-order chi connectivity index (χ0) is 30.0. The first-order chi connectivity index (χ1) is 20.9. The third-order valence-electron chi connectivity index (χ3n) is 10.6. The van der Waals surface area contributed by atoms with Crippen LogP contribution in [-0.4, -0.2) is 19.6 Å². The van der Waals surface area contributed by atoms with Crippen LogP contribution in [0.3, 0.4) is 0 Å². The Morgan fingerprint density at radius 3 is 1.05 bits per heavy atom. The topological polar surface area (TPSA) is 4.44 Å². The molecule has 1 saturated heterocycles. The molecule has 2 unspecified atom stereocenters. The molecule has 1 heterocycles. The van der Waals surface area contributed by atoms with Crippen molar-refractivity contribution in [3.05, 3.63) is 0 Å². The van der Waals surface area contributed by atoms with Gasteiger partial charge in [0, 0.05) is 5.92 Å². The lowest BCUT2D eigenvalue weighted by Gasteiger charge is -2.30. The molecule has 1 fully saturated rings. The normalized spacial score (nSPS) is 16.9. The minimum Gasteiger partial charge on any atom is -1.00 e. The molecule has 1 rings (SSSR count). The van der Waals surface area contributed by atoms with Gasteiger partial charge in [-0.1, -0.05) is 206 Å². The van der Waals surface area contributed by atoms with Crippen molar-refractivity contribution >= 4 is 0 Å². The number of halogens is 1. The van der Waals surface area contributed by atoms with Gasteiger partial charge in [-0.25, -0.2) is 0 Å². The molecule has 0 bridgehead atoms. The number of hydrogen-bond acceptors (Lipinski definition) is 0. The molecule has 0 spiro atoms. The molecular formula is C41H84ClN. The number of unbranched alkanes of at least 4 members (excludes halogenated alkanes) is 30. The maximum atomic E-state index is 2.31. The molecular weight excluding hydrogens is 542 g/mol. The van der Waals surface area contributed by atoms with Crippen LogP contribution in [0.5, 0.6) is 0 Å². The van der Waals surface area contributed by atoms with Gasteiger partial charge in [0.05, 0.1) is 19.6 Å². The first-order valence-corrected chi connectivity index (χ1v) is 20.7. The number of quaternary nitrogens is 1. The summed E-state index contributed by atoms with van der Waals surface area (Å²) in [5.74, 6) is 1.04. The predicted octanol–water partition coefficient (Wildman–Crippen LogP) is 10.2. The first-order valence-electron chi connectivity index (χ1n) is 20.7. The zero-order valence-corrected chi connectivity index (χ0v) is 31.1. The molecule has 1 nitrogen and oxygen atoms in total. The Morgan fingerprint density at radius 1 is 0.395 bits per heavy atom. The van der Waals surface area contributed by atoms with Crippen LogP contribution in [0.1, 0.15) is 239 Å². The van der Waals surface area contributed by atoms with Crippen molar-refractivity contribution in [1.82, 2.24) is 0 Å². The van der Waals surface area contributed by atoms with E-state index in [0.29, 0.717) is 0 Å². The van der Waals surface area contributed by atoms with Gasteiger partial charge in [0.25, 0.3) is 0 Å². The lowest BCUT2D eigenvalue weighted by molar-refractivity contribution is -0.909. The second-order valence-electron chi connectivity index (χ2n) is 14.9. The highest BCUT2D eigenvalue weighted by Gasteiger charge is 2.22. The summed E-state index contributed by atoms with van der Waals surface area (Å²) in [6.45, 7) is 9.06. The van der Waals surface area contributed by atoms with Crippen molar-refractivity contribution in [3.8, 4) is 0 Å². The van der Waals surface area contributed by atoms with Crippen molar-refractivity contribution in [3.63, 3.8) is 0 Å². The van der Waals surface area contributed by atoms with Crippen molar-refractivity contribution in [2.24, 2.45) is 5.92 Å². The number of piperidine rings is 1. The zero-order valence-electron chi connectivity index (χ0n) is 30.3. The van der Waals surface area contributed by atoms with E-state index in [1.165, 1.54) is 244 Å². The fourth-order valence-electron chi connectivity index (χ4n) is 7.63. The summed E-state index contributed by atoms with van der Waals surface area (Å²) >= 11 is 0. The standard InChI is InChI=1S/C41H83N.ClH/c1-3-5-7-9-11-13-15-17-19-21-23-25-27-29-31-33-36-41-37-35-39-42(40-41)38-34-32-30-28-26-24-22-20-18-16-14-12-10-8-6-4-2;/h41H,3-40H2,1-2H3;1H. The van der Waals surface area contributed by atoms with Gasteiger partial charge in [0.2, 0.25) is 0 Å². The Kier molecular flexibility index (Phi) is 36.9. The lowest BCUT2D eigenvalue weighted by Crippen LogP contribution is -3.13. The van der Waals surface area contributed by atoms with Crippen molar-refractivity contribution in [2.75, 3.05) is 19.6 Å². The molecule has 2 atom stereocenters. The second-order valence-corrected chi connectivity index (χ2v) is 14.9. The van der Waals surface area contributed by atoms with E-state index < -0.39 is 0 Å². The van der Waals surface area contributed by atoms with Crippen molar-refractivity contribution < 1.29 is 17.3 Å². The minimum absolute atomic E-state index is 0. The van der Waals surface area contributed by atoms with E-state index in [4.69, 9.17) is 0 Å². The SMILES string of the molecule is CCCCCCCCCCCCCCCCCCC1CCC[NH+](CCCCCCCCCCCCCCCCCC)C1.[Cl-]. The predicted molar refractivity (Wildman–Crippen MR) is 192 cm³/mol. The lowest BCUT2D eigenvalue weighted by atomic mass is 9.92. The molecule has 1 N–H and O–H groups in total. The summed E-state index contributed by atoms with van der Waals surface area (Å²) in [6, 6.07) is 0. The summed E-state index contributed by atoms with van der Waals surface area (Å²) in [7, 11) is 0. The van der Waals surface area contributed by atoms with Gasteiger partial charge in [-0.15, -0.1) is 0 Å². The summed E-state index contributed by atoms with van der Waals surface area (Å²) in [5, 5.41) is 0. The van der Waals surface area contributed by atoms with Crippen LogP contribution in [0, 0.1) is 5.92 Å². The molecule has 43 heavy (non-hydrogen) atoms. The van der Waals surface area contributed by atoms with Gasteiger partial charge in [0.15, 0.2) is 0 Å². The Balaban J connectivity index is 0.0000176. The Morgan fingerprint density at radius 2 is 0.698 bits per heavy atom. The molecule has 260 valence electrons. The molecule has 0 aromatic carbocycles. The molecule has 0 amide bonds. The summed E-state index contributed by atoms with van der Waals surface area (Å²) in [4.78, 5) is 1.95. The van der Waals surface area contributed by atoms with E-state index in [-0.39, 0.29) is 12.4 Å². The average Bonchev–Trinajstić information content (AvgIpc) is 3.01. The Bertz CT molecular complexity index is 452. The van der Waals surface area contributed by atoms with Crippen LogP contribution in [0.2, 0.25) is 0 Å². The molecule has 1 aliphatic rings. The highest BCUT2D eigenvalue weighted by atomic mass is 35.5. The maximum absolute atomic E-state index is 2.31. The van der Waals surface area contributed by atoms with Crippen LogP contribution in [0.25, 0.3) is 0 Å². The van der Waals surface area contributed by atoms with E-state index in [9.17, 15) is 0 Å².